The second kappa shape index (κ2) is 8.20. The van der Waals surface area contributed by atoms with E-state index in [1.54, 1.807) is 0 Å². The summed E-state index contributed by atoms with van der Waals surface area (Å²) in [6.07, 6.45) is -0.238. The molecule has 0 saturated carbocycles. The molecule has 32 heavy (non-hydrogen) atoms. The Balaban J connectivity index is 1.68. The zero-order valence-corrected chi connectivity index (χ0v) is 17.0. The second-order valence-corrected chi connectivity index (χ2v) is 7.03. The van der Waals surface area contributed by atoms with Gasteiger partial charge in [0, 0.05) is 0 Å². The minimum atomic E-state index is -4.96. The van der Waals surface area contributed by atoms with E-state index in [0.717, 1.165) is 29.2 Å². The second-order valence-electron chi connectivity index (χ2n) is 6.22. The maximum absolute atomic E-state index is 13.8. The van der Waals surface area contributed by atoms with Crippen molar-refractivity contribution in [3.63, 3.8) is 0 Å². The van der Waals surface area contributed by atoms with E-state index in [2.05, 4.69) is 25.6 Å². The van der Waals surface area contributed by atoms with Gasteiger partial charge in [0.15, 0.2) is 11.5 Å². The SMILES string of the molecule is O=C(Nc1cnc(-n2nccn2)c(Cl)c1)c1cnn(-c2ccc(F)c(Cl)c2)c1C(F)(F)F. The molecule has 1 amide bonds. The van der Waals surface area contributed by atoms with Gasteiger partial charge in [-0.05, 0) is 24.3 Å². The van der Waals surface area contributed by atoms with Crippen molar-refractivity contribution < 1.29 is 22.4 Å². The van der Waals surface area contributed by atoms with Crippen LogP contribution in [0.3, 0.4) is 0 Å². The lowest BCUT2D eigenvalue weighted by Gasteiger charge is -2.13. The Morgan fingerprint density at radius 2 is 1.72 bits per heavy atom. The summed E-state index contributed by atoms with van der Waals surface area (Å²) in [5.41, 5.74) is -2.29. The van der Waals surface area contributed by atoms with Gasteiger partial charge in [-0.3, -0.25) is 4.79 Å². The van der Waals surface area contributed by atoms with Crippen molar-refractivity contribution in [2.24, 2.45) is 0 Å². The molecule has 0 bridgehead atoms. The number of halogens is 6. The van der Waals surface area contributed by atoms with Crippen molar-refractivity contribution in [3.8, 4) is 11.5 Å². The molecule has 0 radical (unpaired) electrons. The standard InChI is InChI=1S/C18H9Cl2F4N7O/c19-12-6-10(1-2-14(12)21)30-15(18(22,23)24)11(8-28-30)17(32)29-9-5-13(20)16(25-7-9)31-26-3-4-27-31/h1-8H,(H,29,32). The average Bonchev–Trinajstić information content (AvgIpc) is 3.40. The van der Waals surface area contributed by atoms with Gasteiger partial charge in [-0.1, -0.05) is 23.2 Å². The van der Waals surface area contributed by atoms with Gasteiger partial charge in [0.25, 0.3) is 5.91 Å². The summed E-state index contributed by atoms with van der Waals surface area (Å²) in [6, 6.07) is 4.19. The topological polar surface area (TPSA) is 90.5 Å². The van der Waals surface area contributed by atoms with E-state index in [1.165, 1.54) is 24.7 Å². The Hall–Kier alpha value is -3.51. The number of carbonyl (C=O) groups excluding carboxylic acids is 1. The highest BCUT2D eigenvalue weighted by Gasteiger charge is 2.40. The lowest BCUT2D eigenvalue weighted by Crippen LogP contribution is -2.21. The molecule has 14 heteroatoms. The number of hydrogen-bond acceptors (Lipinski definition) is 5. The molecule has 8 nitrogen and oxygen atoms in total. The number of aromatic nitrogens is 6. The van der Waals surface area contributed by atoms with E-state index in [4.69, 9.17) is 23.2 Å². The summed E-state index contributed by atoms with van der Waals surface area (Å²) in [6.45, 7) is 0. The molecule has 0 saturated heterocycles. The van der Waals surface area contributed by atoms with Crippen molar-refractivity contribution in [1.29, 1.82) is 0 Å². The molecule has 164 valence electrons. The lowest BCUT2D eigenvalue weighted by atomic mass is 10.2. The van der Waals surface area contributed by atoms with E-state index < -0.39 is 34.2 Å². The van der Waals surface area contributed by atoms with E-state index in [1.807, 2.05) is 0 Å². The van der Waals surface area contributed by atoms with Crippen LogP contribution in [0.15, 0.2) is 49.1 Å². The number of rotatable bonds is 4. The van der Waals surface area contributed by atoms with Crippen LogP contribution in [0.4, 0.5) is 23.2 Å². The predicted octanol–water partition coefficient (Wildman–Crippen LogP) is 4.57. The Morgan fingerprint density at radius 3 is 2.34 bits per heavy atom. The maximum atomic E-state index is 13.8. The molecular formula is C18H9Cl2F4N7O. The van der Waals surface area contributed by atoms with Crippen LogP contribution in [0, 0.1) is 5.82 Å². The van der Waals surface area contributed by atoms with Crippen LogP contribution >= 0.6 is 23.2 Å². The molecule has 1 N–H and O–H groups in total. The van der Waals surface area contributed by atoms with Crippen LogP contribution < -0.4 is 5.32 Å². The summed E-state index contributed by atoms with van der Waals surface area (Å²) in [5, 5.41) is 13.3. The van der Waals surface area contributed by atoms with Crippen LogP contribution in [0.1, 0.15) is 16.1 Å². The average molecular weight is 486 g/mol. The van der Waals surface area contributed by atoms with Gasteiger partial charge in [0.1, 0.15) is 5.82 Å². The van der Waals surface area contributed by atoms with Crippen molar-refractivity contribution in [2.45, 2.75) is 6.18 Å². The summed E-state index contributed by atoms with van der Waals surface area (Å²) >= 11 is 11.8. The molecule has 3 heterocycles. The fourth-order valence-corrected chi connectivity index (χ4v) is 3.19. The molecule has 3 aromatic heterocycles. The Kier molecular flexibility index (Phi) is 5.57. The van der Waals surface area contributed by atoms with Crippen LogP contribution in [-0.4, -0.2) is 35.7 Å². The normalized spacial score (nSPS) is 11.6. The van der Waals surface area contributed by atoms with Crippen molar-refractivity contribution >= 4 is 34.8 Å². The molecule has 4 rings (SSSR count). The highest BCUT2D eigenvalue weighted by molar-refractivity contribution is 6.32. The number of amides is 1. The zero-order valence-electron chi connectivity index (χ0n) is 15.5. The molecule has 0 aliphatic heterocycles. The molecule has 0 fully saturated rings. The minimum Gasteiger partial charge on any atom is -0.320 e. The largest absolute Gasteiger partial charge is 0.434 e. The van der Waals surface area contributed by atoms with Crippen molar-refractivity contribution in [1.82, 2.24) is 29.8 Å². The van der Waals surface area contributed by atoms with E-state index in [-0.39, 0.29) is 22.2 Å². The molecular weight excluding hydrogens is 477 g/mol. The van der Waals surface area contributed by atoms with Gasteiger partial charge in [0.2, 0.25) is 0 Å². The number of anilines is 1. The third-order valence-corrected chi connectivity index (χ3v) is 4.69. The summed E-state index contributed by atoms with van der Waals surface area (Å²) < 4.78 is 55.2. The summed E-state index contributed by atoms with van der Waals surface area (Å²) in [7, 11) is 0. The van der Waals surface area contributed by atoms with E-state index in [0.29, 0.717) is 4.68 Å². The third-order valence-electron chi connectivity index (χ3n) is 4.12. The molecule has 0 aliphatic rings. The van der Waals surface area contributed by atoms with Crippen LogP contribution in [-0.2, 0) is 6.18 Å². The molecule has 0 unspecified atom stereocenters. The molecule has 0 atom stereocenters. The first kappa shape index (κ1) is 21.7. The molecule has 4 aromatic rings. The maximum Gasteiger partial charge on any atom is 0.434 e. The van der Waals surface area contributed by atoms with Crippen LogP contribution in [0.25, 0.3) is 11.5 Å². The predicted molar refractivity (Wildman–Crippen MR) is 106 cm³/mol. The highest BCUT2D eigenvalue weighted by Crippen LogP contribution is 2.34. The molecule has 1 aromatic carbocycles. The van der Waals surface area contributed by atoms with Gasteiger partial charge in [-0.2, -0.15) is 28.5 Å². The van der Waals surface area contributed by atoms with E-state index in [9.17, 15) is 22.4 Å². The zero-order chi connectivity index (χ0) is 23.0. The monoisotopic (exact) mass is 485 g/mol. The number of benzene rings is 1. The van der Waals surface area contributed by atoms with E-state index >= 15 is 0 Å². The number of hydrogen-bond donors (Lipinski definition) is 1. The number of nitrogens with zero attached hydrogens (tertiary/aromatic N) is 6. The first-order valence-electron chi connectivity index (χ1n) is 8.59. The first-order valence-corrected chi connectivity index (χ1v) is 9.35. The van der Waals surface area contributed by atoms with Crippen molar-refractivity contribution in [2.75, 3.05) is 5.32 Å². The number of alkyl halides is 3. The van der Waals surface area contributed by atoms with Crippen molar-refractivity contribution in [3.05, 3.63) is 76.2 Å². The van der Waals surface area contributed by atoms with Gasteiger partial charge in [-0.25, -0.2) is 14.1 Å². The van der Waals surface area contributed by atoms with Gasteiger partial charge in [0.05, 0.1) is 51.8 Å². The van der Waals surface area contributed by atoms with Gasteiger partial charge in [-0.15, -0.1) is 4.80 Å². The lowest BCUT2D eigenvalue weighted by molar-refractivity contribution is -0.143. The van der Waals surface area contributed by atoms with Gasteiger partial charge >= 0.3 is 6.18 Å². The fraction of sp³-hybridized carbons (Fsp3) is 0.0556. The minimum absolute atomic E-state index is 0.0293. The Morgan fingerprint density at radius 1 is 1.00 bits per heavy atom. The summed E-state index contributed by atoms with van der Waals surface area (Å²) in [5.74, 6) is -1.77. The smallest absolute Gasteiger partial charge is 0.320 e. The third kappa shape index (κ3) is 4.14. The highest BCUT2D eigenvalue weighted by atomic mass is 35.5. The first-order chi connectivity index (χ1) is 15.1. The number of carbonyl (C=O) groups is 1. The van der Waals surface area contributed by atoms with Crippen LogP contribution in [0.2, 0.25) is 10.0 Å². The molecule has 0 aliphatic carbocycles. The Bertz CT molecular complexity index is 1310. The number of pyridine rings is 1. The van der Waals surface area contributed by atoms with Crippen LogP contribution in [0.5, 0.6) is 0 Å². The fourth-order valence-electron chi connectivity index (χ4n) is 2.77. The Labute approximate surface area is 186 Å². The van der Waals surface area contributed by atoms with Gasteiger partial charge < -0.3 is 5.32 Å². The summed E-state index contributed by atoms with van der Waals surface area (Å²) in [4.78, 5) is 17.8. The number of nitrogens with one attached hydrogen (secondary N) is 1. The quantitative estimate of drug-likeness (QED) is 0.427. The molecule has 0 spiro atoms.